The van der Waals surface area contributed by atoms with Gasteiger partial charge in [0.15, 0.2) is 0 Å². The molecule has 0 bridgehead atoms. The maximum Gasteiger partial charge on any atom is 0.223 e. The number of carbonyl (C=O) groups is 1. The highest BCUT2D eigenvalue weighted by Crippen LogP contribution is 2.23. The first-order chi connectivity index (χ1) is 7.63. The number of carbonyl (C=O) groups excluding carboxylic acids is 1. The van der Waals surface area contributed by atoms with Crippen LogP contribution in [0.4, 0.5) is 0 Å². The van der Waals surface area contributed by atoms with E-state index in [1.54, 1.807) is 0 Å². The number of thioether (sulfide) groups is 1. The fraction of sp³-hybridized carbons (Fsp3) is 0.917. The molecule has 0 radical (unpaired) electrons. The Morgan fingerprint density at radius 2 is 2.31 bits per heavy atom. The van der Waals surface area contributed by atoms with Gasteiger partial charge in [0, 0.05) is 18.5 Å². The molecule has 1 rings (SSSR count). The third kappa shape index (κ3) is 4.74. The minimum Gasteiger partial charge on any atom is -0.356 e. The largest absolute Gasteiger partial charge is 0.356 e. The first-order valence-electron chi connectivity index (χ1n) is 6.15. The van der Waals surface area contributed by atoms with Crippen molar-refractivity contribution in [3.8, 4) is 0 Å². The lowest BCUT2D eigenvalue weighted by molar-refractivity contribution is -0.126. The number of nitrogens with two attached hydrogens (primary N) is 1. The normalized spacial score (nSPS) is 27.4. The van der Waals surface area contributed by atoms with Crippen LogP contribution in [0.1, 0.15) is 32.6 Å². The van der Waals surface area contributed by atoms with Crippen LogP contribution in [0.3, 0.4) is 0 Å². The summed E-state index contributed by atoms with van der Waals surface area (Å²) in [6, 6.07) is 0.230. The van der Waals surface area contributed by atoms with E-state index in [1.807, 2.05) is 11.8 Å². The standard InChI is InChI=1S/C12H24N2OS/c1-9(8-16-2)7-14-12(15)10-4-3-5-11(13)6-10/h9-11H,3-8,13H2,1-2H3,(H,14,15). The summed E-state index contributed by atoms with van der Waals surface area (Å²) in [5.74, 6) is 2.02. The number of amides is 1. The fourth-order valence-corrected chi connectivity index (χ4v) is 2.92. The van der Waals surface area contributed by atoms with E-state index in [1.165, 1.54) is 0 Å². The van der Waals surface area contributed by atoms with Gasteiger partial charge >= 0.3 is 0 Å². The zero-order chi connectivity index (χ0) is 12.0. The summed E-state index contributed by atoms with van der Waals surface area (Å²) in [4.78, 5) is 11.9. The highest BCUT2D eigenvalue weighted by atomic mass is 32.2. The molecule has 16 heavy (non-hydrogen) atoms. The lowest BCUT2D eigenvalue weighted by Gasteiger charge is -2.26. The second-order valence-electron chi connectivity index (χ2n) is 4.93. The fourth-order valence-electron chi connectivity index (χ4n) is 2.23. The van der Waals surface area contributed by atoms with Gasteiger partial charge in [0.1, 0.15) is 0 Å². The molecule has 1 aliphatic carbocycles. The quantitative estimate of drug-likeness (QED) is 0.772. The van der Waals surface area contributed by atoms with Crippen molar-refractivity contribution in [2.24, 2.45) is 17.6 Å². The number of hydrogen-bond donors (Lipinski definition) is 2. The average Bonchev–Trinajstić information content (AvgIpc) is 2.26. The van der Waals surface area contributed by atoms with Gasteiger partial charge in [-0.2, -0.15) is 11.8 Å². The van der Waals surface area contributed by atoms with E-state index in [2.05, 4.69) is 18.5 Å². The Labute approximate surface area is 103 Å². The number of hydrogen-bond acceptors (Lipinski definition) is 3. The summed E-state index contributed by atoms with van der Waals surface area (Å²) in [5, 5.41) is 3.05. The zero-order valence-corrected chi connectivity index (χ0v) is 11.2. The van der Waals surface area contributed by atoms with Crippen LogP contribution in [0.5, 0.6) is 0 Å². The summed E-state index contributed by atoms with van der Waals surface area (Å²) in [7, 11) is 0. The molecule has 1 amide bonds. The van der Waals surface area contributed by atoms with Crippen LogP contribution in [0.25, 0.3) is 0 Å². The summed E-state index contributed by atoms with van der Waals surface area (Å²) < 4.78 is 0. The van der Waals surface area contributed by atoms with E-state index in [0.29, 0.717) is 5.92 Å². The molecule has 3 N–H and O–H groups in total. The van der Waals surface area contributed by atoms with Gasteiger partial charge in [-0.15, -0.1) is 0 Å². The molecule has 1 saturated carbocycles. The van der Waals surface area contributed by atoms with Crippen molar-refractivity contribution in [1.82, 2.24) is 5.32 Å². The van der Waals surface area contributed by atoms with E-state index in [-0.39, 0.29) is 17.9 Å². The van der Waals surface area contributed by atoms with E-state index >= 15 is 0 Å². The van der Waals surface area contributed by atoms with Gasteiger partial charge in [0.05, 0.1) is 0 Å². The molecule has 1 aliphatic rings. The molecule has 3 unspecified atom stereocenters. The monoisotopic (exact) mass is 244 g/mol. The Morgan fingerprint density at radius 3 is 2.94 bits per heavy atom. The Bertz CT molecular complexity index is 223. The second kappa shape index (κ2) is 7.17. The van der Waals surface area contributed by atoms with E-state index in [9.17, 15) is 4.79 Å². The van der Waals surface area contributed by atoms with Gasteiger partial charge in [0.25, 0.3) is 0 Å². The molecule has 94 valence electrons. The Balaban J connectivity index is 2.23. The van der Waals surface area contributed by atoms with Crippen LogP contribution in [0, 0.1) is 11.8 Å². The minimum absolute atomic E-state index is 0.158. The van der Waals surface area contributed by atoms with Crippen LogP contribution in [0.2, 0.25) is 0 Å². The van der Waals surface area contributed by atoms with Gasteiger partial charge in [-0.3, -0.25) is 4.79 Å². The molecule has 0 aromatic heterocycles. The van der Waals surface area contributed by atoms with Crippen molar-refractivity contribution >= 4 is 17.7 Å². The lowest BCUT2D eigenvalue weighted by atomic mass is 9.85. The molecule has 0 saturated heterocycles. The first kappa shape index (κ1) is 13.8. The Morgan fingerprint density at radius 1 is 1.56 bits per heavy atom. The van der Waals surface area contributed by atoms with Crippen molar-refractivity contribution in [1.29, 1.82) is 0 Å². The van der Waals surface area contributed by atoms with Crippen molar-refractivity contribution < 1.29 is 4.79 Å². The molecular formula is C12H24N2OS. The smallest absolute Gasteiger partial charge is 0.223 e. The van der Waals surface area contributed by atoms with Crippen molar-refractivity contribution in [3.63, 3.8) is 0 Å². The first-order valence-corrected chi connectivity index (χ1v) is 7.55. The summed E-state index contributed by atoms with van der Waals surface area (Å²) in [6.07, 6.45) is 6.14. The van der Waals surface area contributed by atoms with Crippen LogP contribution in [-0.2, 0) is 4.79 Å². The predicted octanol–water partition coefficient (Wildman–Crippen LogP) is 1.62. The molecule has 0 spiro atoms. The molecule has 0 aromatic carbocycles. The van der Waals surface area contributed by atoms with Gasteiger partial charge in [-0.1, -0.05) is 13.3 Å². The van der Waals surface area contributed by atoms with E-state index < -0.39 is 0 Å². The molecule has 1 fully saturated rings. The van der Waals surface area contributed by atoms with Crippen molar-refractivity contribution in [2.45, 2.75) is 38.6 Å². The summed E-state index contributed by atoms with van der Waals surface area (Å²) in [5.41, 5.74) is 5.88. The highest BCUT2D eigenvalue weighted by molar-refractivity contribution is 7.98. The molecule has 0 aromatic rings. The average molecular weight is 244 g/mol. The van der Waals surface area contributed by atoms with Crippen LogP contribution in [0.15, 0.2) is 0 Å². The Kier molecular flexibility index (Phi) is 6.21. The number of nitrogens with one attached hydrogen (secondary N) is 1. The zero-order valence-electron chi connectivity index (χ0n) is 10.4. The van der Waals surface area contributed by atoms with Gasteiger partial charge in [-0.25, -0.2) is 0 Å². The van der Waals surface area contributed by atoms with Crippen LogP contribution in [-0.4, -0.2) is 30.5 Å². The van der Waals surface area contributed by atoms with Crippen molar-refractivity contribution in [3.05, 3.63) is 0 Å². The molecule has 0 aliphatic heterocycles. The summed E-state index contributed by atoms with van der Waals surface area (Å²) >= 11 is 1.83. The van der Waals surface area contributed by atoms with E-state index in [4.69, 9.17) is 5.73 Å². The molecule has 4 heteroatoms. The van der Waals surface area contributed by atoms with Crippen LogP contribution >= 0.6 is 11.8 Å². The van der Waals surface area contributed by atoms with Gasteiger partial charge in [-0.05, 0) is 37.2 Å². The summed E-state index contributed by atoms with van der Waals surface area (Å²) in [6.45, 7) is 2.97. The molecule has 3 atom stereocenters. The maximum absolute atomic E-state index is 11.9. The SMILES string of the molecule is CSCC(C)CNC(=O)C1CCCC(N)C1. The maximum atomic E-state index is 11.9. The van der Waals surface area contributed by atoms with Gasteiger partial charge < -0.3 is 11.1 Å². The van der Waals surface area contributed by atoms with Crippen LogP contribution < -0.4 is 11.1 Å². The van der Waals surface area contributed by atoms with Crippen molar-refractivity contribution in [2.75, 3.05) is 18.6 Å². The highest BCUT2D eigenvalue weighted by Gasteiger charge is 2.25. The predicted molar refractivity (Wildman–Crippen MR) is 70.5 cm³/mol. The Hall–Kier alpha value is -0.220. The third-order valence-corrected chi connectivity index (χ3v) is 4.06. The molecular weight excluding hydrogens is 220 g/mol. The second-order valence-corrected chi connectivity index (χ2v) is 5.84. The molecule has 3 nitrogen and oxygen atoms in total. The molecule has 0 heterocycles. The van der Waals surface area contributed by atoms with Gasteiger partial charge in [0.2, 0.25) is 5.91 Å². The minimum atomic E-state index is 0.158. The topological polar surface area (TPSA) is 55.1 Å². The lowest BCUT2D eigenvalue weighted by Crippen LogP contribution is -2.39. The van der Waals surface area contributed by atoms with E-state index in [0.717, 1.165) is 38.0 Å². The number of rotatable bonds is 5. The third-order valence-electron chi connectivity index (χ3n) is 3.16.